The summed E-state index contributed by atoms with van der Waals surface area (Å²) in [6.07, 6.45) is 5.34. The van der Waals surface area contributed by atoms with Crippen molar-refractivity contribution >= 4 is 27.1 Å². The maximum atomic E-state index is 13.0. The van der Waals surface area contributed by atoms with Gasteiger partial charge in [0.05, 0.1) is 27.5 Å². The molecule has 2 aromatic carbocycles. The lowest BCUT2D eigenvalue weighted by Gasteiger charge is -2.31. The number of imidazole rings is 1. The molecule has 0 N–H and O–H groups in total. The van der Waals surface area contributed by atoms with Crippen molar-refractivity contribution in [1.29, 1.82) is 0 Å². The van der Waals surface area contributed by atoms with E-state index in [1.54, 1.807) is 55.1 Å². The number of rotatable bonds is 3. The average molecular weight is 367 g/mol. The van der Waals surface area contributed by atoms with Crippen LogP contribution in [0, 0.1) is 6.92 Å². The van der Waals surface area contributed by atoms with Crippen molar-refractivity contribution in [3.63, 3.8) is 0 Å². The Bertz CT molecular complexity index is 1090. The van der Waals surface area contributed by atoms with Crippen molar-refractivity contribution in [1.82, 2.24) is 9.55 Å². The SMILES string of the molecule is Cc1ccc2c(c1)S(=O)(=O)c1ccccc1N2C(=O)CCn1ccnc1. The number of aromatic nitrogens is 2. The molecule has 1 aliphatic rings. The third-order valence-corrected chi connectivity index (χ3v) is 6.26. The molecule has 4 rings (SSSR count). The number of carbonyl (C=O) groups is 1. The van der Waals surface area contributed by atoms with Gasteiger partial charge in [-0.3, -0.25) is 9.69 Å². The van der Waals surface area contributed by atoms with Gasteiger partial charge in [0.25, 0.3) is 0 Å². The van der Waals surface area contributed by atoms with Gasteiger partial charge in [0.15, 0.2) is 0 Å². The molecule has 1 amide bonds. The van der Waals surface area contributed by atoms with E-state index in [0.717, 1.165) is 5.56 Å². The summed E-state index contributed by atoms with van der Waals surface area (Å²) >= 11 is 0. The summed E-state index contributed by atoms with van der Waals surface area (Å²) in [6.45, 7) is 2.31. The van der Waals surface area contributed by atoms with Gasteiger partial charge in [0.1, 0.15) is 0 Å². The van der Waals surface area contributed by atoms with E-state index in [1.807, 2.05) is 17.6 Å². The number of carbonyl (C=O) groups excluding carboxylic acids is 1. The van der Waals surface area contributed by atoms with E-state index in [-0.39, 0.29) is 22.1 Å². The van der Waals surface area contributed by atoms with Crippen LogP contribution in [0.5, 0.6) is 0 Å². The third-order valence-electron chi connectivity index (χ3n) is 4.43. The van der Waals surface area contributed by atoms with Crippen LogP contribution in [0.25, 0.3) is 0 Å². The molecule has 0 unspecified atom stereocenters. The molecule has 0 saturated heterocycles. The van der Waals surface area contributed by atoms with Gasteiger partial charge in [-0.2, -0.15) is 0 Å². The Morgan fingerprint density at radius 1 is 1.08 bits per heavy atom. The van der Waals surface area contributed by atoms with Crippen molar-refractivity contribution in [3.8, 4) is 0 Å². The first kappa shape index (κ1) is 16.5. The lowest BCUT2D eigenvalue weighted by molar-refractivity contribution is -0.118. The van der Waals surface area contributed by atoms with Crippen LogP contribution in [0.2, 0.25) is 0 Å². The highest BCUT2D eigenvalue weighted by atomic mass is 32.2. The summed E-state index contributed by atoms with van der Waals surface area (Å²) in [6, 6.07) is 11.8. The fourth-order valence-electron chi connectivity index (χ4n) is 3.16. The molecular formula is C19H17N3O3S. The molecule has 26 heavy (non-hydrogen) atoms. The van der Waals surface area contributed by atoms with Crippen LogP contribution in [-0.4, -0.2) is 23.9 Å². The van der Waals surface area contributed by atoms with Gasteiger partial charge in [-0.15, -0.1) is 0 Å². The second-order valence-electron chi connectivity index (χ2n) is 6.22. The predicted octanol–water partition coefficient (Wildman–Crippen LogP) is 3.09. The fourth-order valence-corrected chi connectivity index (χ4v) is 4.87. The maximum absolute atomic E-state index is 13.0. The second kappa shape index (κ2) is 6.10. The normalized spacial score (nSPS) is 14.6. The summed E-state index contributed by atoms with van der Waals surface area (Å²) < 4.78 is 27.8. The van der Waals surface area contributed by atoms with Gasteiger partial charge in [-0.25, -0.2) is 13.4 Å². The van der Waals surface area contributed by atoms with Crippen LogP contribution in [0.1, 0.15) is 12.0 Å². The average Bonchev–Trinajstić information content (AvgIpc) is 3.14. The maximum Gasteiger partial charge on any atom is 0.233 e. The van der Waals surface area contributed by atoms with Crippen molar-refractivity contribution < 1.29 is 13.2 Å². The van der Waals surface area contributed by atoms with Gasteiger partial charge < -0.3 is 4.57 Å². The minimum atomic E-state index is -3.66. The molecule has 2 heterocycles. The Morgan fingerprint density at radius 3 is 2.62 bits per heavy atom. The van der Waals surface area contributed by atoms with E-state index in [4.69, 9.17) is 0 Å². The zero-order valence-corrected chi connectivity index (χ0v) is 15.0. The molecule has 1 aromatic heterocycles. The standard InChI is InChI=1S/C19H17N3O3S/c1-14-6-7-16-18(12-14)26(24,25)17-5-3-2-4-15(17)22(16)19(23)8-10-21-11-9-20-13-21/h2-7,9,11-13H,8,10H2,1H3. The van der Waals surface area contributed by atoms with Crippen molar-refractivity contribution in [2.24, 2.45) is 0 Å². The van der Waals surface area contributed by atoms with E-state index in [0.29, 0.717) is 17.9 Å². The lowest BCUT2D eigenvalue weighted by atomic mass is 10.1. The number of hydrogen-bond donors (Lipinski definition) is 0. The Kier molecular flexibility index (Phi) is 3.88. The number of hydrogen-bond acceptors (Lipinski definition) is 4. The van der Waals surface area contributed by atoms with Crippen LogP contribution in [0.15, 0.2) is 71.0 Å². The van der Waals surface area contributed by atoms with E-state index >= 15 is 0 Å². The van der Waals surface area contributed by atoms with Gasteiger partial charge in [0, 0.05) is 25.4 Å². The zero-order valence-electron chi connectivity index (χ0n) is 14.2. The molecule has 0 spiro atoms. The molecule has 0 aliphatic carbocycles. The zero-order chi connectivity index (χ0) is 18.3. The van der Waals surface area contributed by atoms with E-state index in [1.165, 1.54) is 4.90 Å². The molecule has 3 aromatic rings. The van der Waals surface area contributed by atoms with E-state index in [9.17, 15) is 13.2 Å². The highest BCUT2D eigenvalue weighted by Crippen LogP contribution is 2.44. The number of sulfone groups is 1. The first-order chi connectivity index (χ1) is 12.5. The number of aryl methyl sites for hydroxylation is 2. The molecule has 0 saturated carbocycles. The monoisotopic (exact) mass is 367 g/mol. The van der Waals surface area contributed by atoms with Crippen LogP contribution in [0.3, 0.4) is 0 Å². The summed E-state index contributed by atoms with van der Waals surface area (Å²) in [7, 11) is -3.66. The van der Waals surface area contributed by atoms with Gasteiger partial charge >= 0.3 is 0 Å². The summed E-state index contributed by atoms with van der Waals surface area (Å²) in [4.78, 5) is 18.8. The van der Waals surface area contributed by atoms with Crippen molar-refractivity contribution in [2.45, 2.75) is 29.7 Å². The molecule has 0 bridgehead atoms. The van der Waals surface area contributed by atoms with Crippen molar-refractivity contribution in [3.05, 3.63) is 66.7 Å². The van der Waals surface area contributed by atoms with Crippen molar-refractivity contribution in [2.75, 3.05) is 4.90 Å². The molecule has 0 fully saturated rings. The topological polar surface area (TPSA) is 72.3 Å². The van der Waals surface area contributed by atoms with E-state index < -0.39 is 9.84 Å². The molecule has 6 nitrogen and oxygen atoms in total. The van der Waals surface area contributed by atoms with Gasteiger partial charge in [-0.05, 0) is 36.8 Å². The third kappa shape index (κ3) is 2.61. The Labute approximate surface area is 151 Å². The molecule has 7 heteroatoms. The molecule has 132 valence electrons. The highest BCUT2D eigenvalue weighted by molar-refractivity contribution is 7.92. The first-order valence-corrected chi connectivity index (χ1v) is 9.70. The quantitative estimate of drug-likeness (QED) is 0.713. The largest absolute Gasteiger partial charge is 0.337 e. The minimum Gasteiger partial charge on any atom is -0.337 e. The number of anilines is 2. The molecule has 0 radical (unpaired) electrons. The van der Waals surface area contributed by atoms with Crippen LogP contribution >= 0.6 is 0 Å². The first-order valence-electron chi connectivity index (χ1n) is 8.22. The molecule has 1 aliphatic heterocycles. The summed E-state index contributed by atoms with van der Waals surface area (Å²) in [5, 5.41) is 0. The lowest BCUT2D eigenvalue weighted by Crippen LogP contribution is -2.32. The molecule has 0 atom stereocenters. The number of nitrogens with zero attached hydrogens (tertiary/aromatic N) is 3. The smallest absolute Gasteiger partial charge is 0.233 e. The summed E-state index contributed by atoms with van der Waals surface area (Å²) in [5.74, 6) is -0.161. The van der Waals surface area contributed by atoms with Gasteiger partial charge in [0.2, 0.25) is 15.7 Å². The second-order valence-corrected chi connectivity index (χ2v) is 8.11. The van der Waals surface area contributed by atoms with Crippen LogP contribution in [0.4, 0.5) is 11.4 Å². The Balaban J connectivity index is 1.81. The summed E-state index contributed by atoms with van der Waals surface area (Å²) in [5.41, 5.74) is 1.64. The van der Waals surface area contributed by atoms with Crippen LogP contribution in [-0.2, 0) is 21.2 Å². The Morgan fingerprint density at radius 2 is 1.85 bits per heavy atom. The fraction of sp³-hybridized carbons (Fsp3) is 0.158. The number of fused-ring (bicyclic) bond motifs is 2. The number of benzene rings is 2. The Hall–Kier alpha value is -2.93. The minimum absolute atomic E-state index is 0.161. The van der Waals surface area contributed by atoms with Crippen LogP contribution < -0.4 is 4.90 Å². The number of para-hydroxylation sites is 1. The predicted molar refractivity (Wildman–Crippen MR) is 97.1 cm³/mol. The van der Waals surface area contributed by atoms with E-state index in [2.05, 4.69) is 4.98 Å². The number of amides is 1. The van der Waals surface area contributed by atoms with Gasteiger partial charge in [-0.1, -0.05) is 18.2 Å². The highest BCUT2D eigenvalue weighted by Gasteiger charge is 2.36. The molecular weight excluding hydrogens is 350 g/mol.